The van der Waals surface area contributed by atoms with E-state index in [0.717, 1.165) is 24.2 Å². The van der Waals surface area contributed by atoms with E-state index in [1.54, 1.807) is 29.1 Å². The summed E-state index contributed by atoms with van der Waals surface area (Å²) in [6.07, 6.45) is 4.17. The summed E-state index contributed by atoms with van der Waals surface area (Å²) in [4.78, 5) is 12.6. The average Bonchev–Trinajstić information content (AvgIpc) is 3.44. The zero-order chi connectivity index (χ0) is 21.8. The highest BCUT2D eigenvalue weighted by Crippen LogP contribution is 2.26. The van der Waals surface area contributed by atoms with Crippen molar-refractivity contribution in [3.63, 3.8) is 0 Å². The standard InChI is InChI=1S/C21H27N5O4S/c1-2-11-26-20-6-5-18(15-19(20)23-24-26)31(28,29)25-12-8-16(9-13-25)21(27)22-10-7-17-4-3-14-30-17/h3-6,14-16H,2,7-13H2,1H3,(H,22,27). The zero-order valence-electron chi connectivity index (χ0n) is 17.5. The van der Waals surface area contributed by atoms with Gasteiger partial charge in [-0.1, -0.05) is 12.1 Å². The first-order valence-corrected chi connectivity index (χ1v) is 12.1. The van der Waals surface area contributed by atoms with Gasteiger partial charge >= 0.3 is 0 Å². The molecule has 1 amide bonds. The Morgan fingerprint density at radius 3 is 2.77 bits per heavy atom. The maximum absolute atomic E-state index is 13.1. The molecule has 1 aliphatic rings. The Labute approximate surface area is 181 Å². The van der Waals surface area contributed by atoms with Crippen molar-refractivity contribution in [2.24, 2.45) is 5.92 Å². The van der Waals surface area contributed by atoms with Gasteiger partial charge in [-0.2, -0.15) is 4.31 Å². The molecule has 0 unspecified atom stereocenters. The minimum Gasteiger partial charge on any atom is -0.469 e. The van der Waals surface area contributed by atoms with E-state index in [2.05, 4.69) is 22.6 Å². The molecule has 1 aliphatic heterocycles. The summed E-state index contributed by atoms with van der Waals surface area (Å²) in [6, 6.07) is 8.64. The molecule has 166 valence electrons. The minimum absolute atomic E-state index is 0.0300. The second kappa shape index (κ2) is 9.19. The smallest absolute Gasteiger partial charge is 0.243 e. The van der Waals surface area contributed by atoms with E-state index in [-0.39, 0.29) is 16.7 Å². The van der Waals surface area contributed by atoms with Crippen molar-refractivity contribution in [3.05, 3.63) is 42.4 Å². The molecule has 1 N–H and O–H groups in total. The third-order valence-electron chi connectivity index (χ3n) is 5.63. The summed E-state index contributed by atoms with van der Waals surface area (Å²) in [5, 5.41) is 11.1. The Kier molecular flexibility index (Phi) is 6.38. The van der Waals surface area contributed by atoms with E-state index < -0.39 is 10.0 Å². The number of sulfonamides is 1. The number of hydrogen-bond acceptors (Lipinski definition) is 6. The van der Waals surface area contributed by atoms with Crippen molar-refractivity contribution in [1.82, 2.24) is 24.6 Å². The van der Waals surface area contributed by atoms with Gasteiger partial charge in [0.25, 0.3) is 0 Å². The van der Waals surface area contributed by atoms with Crippen molar-refractivity contribution >= 4 is 27.0 Å². The van der Waals surface area contributed by atoms with Gasteiger partial charge in [-0.15, -0.1) is 5.10 Å². The number of furan rings is 1. The number of carbonyl (C=O) groups excluding carboxylic acids is 1. The Morgan fingerprint density at radius 2 is 2.06 bits per heavy atom. The predicted octanol–water partition coefficient (Wildman–Crippen LogP) is 2.19. The lowest BCUT2D eigenvalue weighted by atomic mass is 9.97. The van der Waals surface area contributed by atoms with Crippen LogP contribution >= 0.6 is 0 Å². The first-order chi connectivity index (χ1) is 15.0. The molecule has 3 aromatic rings. The van der Waals surface area contributed by atoms with Crippen LogP contribution in [0.1, 0.15) is 31.9 Å². The third kappa shape index (κ3) is 4.64. The quantitative estimate of drug-likeness (QED) is 0.569. The molecule has 0 saturated carbocycles. The fraction of sp³-hybridized carbons (Fsp3) is 0.476. The van der Waals surface area contributed by atoms with E-state index in [1.165, 1.54) is 4.31 Å². The highest BCUT2D eigenvalue weighted by atomic mass is 32.2. The SMILES string of the molecule is CCCn1nnc2cc(S(=O)(=O)N3CCC(C(=O)NCCc4ccco4)CC3)ccc21. The van der Waals surface area contributed by atoms with Crippen molar-refractivity contribution < 1.29 is 17.6 Å². The van der Waals surface area contributed by atoms with Crippen LogP contribution in [0.25, 0.3) is 11.0 Å². The van der Waals surface area contributed by atoms with E-state index in [9.17, 15) is 13.2 Å². The molecule has 0 aliphatic carbocycles. The number of hydrogen-bond donors (Lipinski definition) is 1. The molecule has 9 nitrogen and oxygen atoms in total. The molecule has 0 bridgehead atoms. The van der Waals surface area contributed by atoms with Crippen LogP contribution in [0.2, 0.25) is 0 Å². The number of piperidine rings is 1. The lowest BCUT2D eigenvalue weighted by Crippen LogP contribution is -2.43. The van der Waals surface area contributed by atoms with Gasteiger partial charge in [0.2, 0.25) is 15.9 Å². The number of aromatic nitrogens is 3. The molecule has 2 aromatic heterocycles. The van der Waals surface area contributed by atoms with Gasteiger partial charge < -0.3 is 9.73 Å². The second-order valence-corrected chi connectivity index (χ2v) is 9.70. The average molecular weight is 446 g/mol. The Balaban J connectivity index is 1.35. The molecule has 31 heavy (non-hydrogen) atoms. The molecule has 4 rings (SSSR count). The van der Waals surface area contributed by atoms with Crippen LogP contribution in [-0.4, -0.2) is 53.3 Å². The molecular weight excluding hydrogens is 418 g/mol. The van der Waals surface area contributed by atoms with Crippen LogP contribution in [-0.2, 0) is 27.8 Å². The number of fused-ring (bicyclic) bond motifs is 1. The highest BCUT2D eigenvalue weighted by molar-refractivity contribution is 7.89. The van der Waals surface area contributed by atoms with Gasteiger partial charge in [-0.3, -0.25) is 4.79 Å². The van der Waals surface area contributed by atoms with Crippen LogP contribution in [0, 0.1) is 5.92 Å². The van der Waals surface area contributed by atoms with Crippen LogP contribution < -0.4 is 5.32 Å². The molecule has 0 radical (unpaired) electrons. The van der Waals surface area contributed by atoms with Crippen LogP contribution in [0.5, 0.6) is 0 Å². The van der Waals surface area contributed by atoms with Crippen molar-refractivity contribution in [3.8, 4) is 0 Å². The van der Waals surface area contributed by atoms with E-state index >= 15 is 0 Å². The van der Waals surface area contributed by atoms with Gasteiger partial charge in [0.1, 0.15) is 11.3 Å². The van der Waals surface area contributed by atoms with Crippen molar-refractivity contribution in [2.75, 3.05) is 19.6 Å². The minimum atomic E-state index is -3.64. The molecule has 1 fully saturated rings. The maximum atomic E-state index is 13.1. The van der Waals surface area contributed by atoms with Crippen LogP contribution in [0.4, 0.5) is 0 Å². The number of amides is 1. The number of rotatable bonds is 8. The molecule has 0 atom stereocenters. The van der Waals surface area contributed by atoms with Gasteiger partial charge in [0, 0.05) is 38.5 Å². The number of nitrogens with zero attached hydrogens (tertiary/aromatic N) is 4. The molecular formula is C21H27N5O4S. The number of benzene rings is 1. The van der Waals surface area contributed by atoms with Crippen LogP contribution in [0.15, 0.2) is 45.9 Å². The number of aryl methyl sites for hydroxylation is 1. The van der Waals surface area contributed by atoms with E-state index in [1.807, 2.05) is 12.1 Å². The Morgan fingerprint density at radius 1 is 1.26 bits per heavy atom. The number of nitrogens with one attached hydrogen (secondary N) is 1. The van der Waals surface area contributed by atoms with Gasteiger partial charge in [-0.05, 0) is 49.6 Å². The lowest BCUT2D eigenvalue weighted by molar-refractivity contribution is -0.126. The fourth-order valence-electron chi connectivity index (χ4n) is 3.90. The van der Waals surface area contributed by atoms with Gasteiger partial charge in [-0.25, -0.2) is 13.1 Å². The highest BCUT2D eigenvalue weighted by Gasteiger charge is 2.32. The topological polar surface area (TPSA) is 110 Å². The van der Waals surface area contributed by atoms with Gasteiger partial charge in [0.15, 0.2) is 0 Å². The van der Waals surface area contributed by atoms with Crippen molar-refractivity contribution in [1.29, 1.82) is 0 Å². The summed E-state index contributed by atoms with van der Waals surface area (Å²) in [5.41, 5.74) is 1.39. The van der Waals surface area contributed by atoms with E-state index in [4.69, 9.17) is 4.42 Å². The summed E-state index contributed by atoms with van der Waals surface area (Å²) in [5.74, 6) is 0.616. The van der Waals surface area contributed by atoms with Crippen molar-refractivity contribution in [2.45, 2.75) is 44.0 Å². The predicted molar refractivity (Wildman–Crippen MR) is 115 cm³/mol. The monoisotopic (exact) mass is 445 g/mol. The maximum Gasteiger partial charge on any atom is 0.243 e. The molecule has 1 aromatic carbocycles. The fourth-order valence-corrected chi connectivity index (χ4v) is 5.40. The summed E-state index contributed by atoms with van der Waals surface area (Å²) in [6.45, 7) is 3.93. The third-order valence-corrected chi connectivity index (χ3v) is 7.53. The molecule has 10 heteroatoms. The zero-order valence-corrected chi connectivity index (χ0v) is 18.3. The molecule has 0 spiro atoms. The molecule has 3 heterocycles. The summed E-state index contributed by atoms with van der Waals surface area (Å²) in [7, 11) is -3.64. The first kappa shape index (κ1) is 21.5. The van der Waals surface area contributed by atoms with Crippen LogP contribution in [0.3, 0.4) is 0 Å². The summed E-state index contributed by atoms with van der Waals surface area (Å²) >= 11 is 0. The Bertz CT molecular complexity index is 1130. The van der Waals surface area contributed by atoms with E-state index in [0.29, 0.717) is 44.4 Å². The largest absolute Gasteiger partial charge is 0.469 e. The lowest BCUT2D eigenvalue weighted by Gasteiger charge is -2.30. The first-order valence-electron chi connectivity index (χ1n) is 10.6. The molecule has 1 saturated heterocycles. The number of carbonyl (C=O) groups is 1. The van der Waals surface area contributed by atoms with Gasteiger partial charge in [0.05, 0.1) is 16.7 Å². The second-order valence-electron chi connectivity index (χ2n) is 7.76. The Hall–Kier alpha value is -2.72. The summed E-state index contributed by atoms with van der Waals surface area (Å²) < 4.78 is 34.7. The normalized spacial score (nSPS) is 16.0.